The predicted octanol–water partition coefficient (Wildman–Crippen LogP) is 2.59. The van der Waals surface area contributed by atoms with Gasteiger partial charge in [-0.2, -0.15) is 0 Å². The molecule has 2 heteroatoms. The van der Waals surface area contributed by atoms with Crippen molar-refractivity contribution in [2.24, 2.45) is 0 Å². The van der Waals surface area contributed by atoms with E-state index in [1.54, 1.807) is 0 Å². The van der Waals surface area contributed by atoms with Crippen LogP contribution in [0.3, 0.4) is 0 Å². The van der Waals surface area contributed by atoms with Gasteiger partial charge in [0, 0.05) is 11.4 Å². The fourth-order valence-electron chi connectivity index (χ4n) is 1.97. The van der Waals surface area contributed by atoms with Crippen LogP contribution in [0.2, 0.25) is 0 Å². The van der Waals surface area contributed by atoms with Crippen LogP contribution in [-0.2, 0) is 0 Å². The largest absolute Gasteiger partial charge is 0.355 e. The summed E-state index contributed by atoms with van der Waals surface area (Å²) in [4.78, 5) is 2.49. The van der Waals surface area contributed by atoms with E-state index in [-0.39, 0.29) is 0 Å². The molecule has 1 aromatic rings. The number of nitrogens with zero attached hydrogens (tertiary/aromatic N) is 1. The normalized spacial score (nSPS) is 24.3. The molecular formula is C11H11NS. The fraction of sp³-hybridized carbons (Fsp3) is 0.273. The number of benzene rings is 1. The van der Waals surface area contributed by atoms with E-state index >= 15 is 0 Å². The number of anilines is 1. The van der Waals surface area contributed by atoms with Gasteiger partial charge in [0.25, 0.3) is 0 Å². The molecule has 0 spiro atoms. The summed E-state index contributed by atoms with van der Waals surface area (Å²) in [5.41, 5.74) is 2.77. The summed E-state index contributed by atoms with van der Waals surface area (Å²) >= 11 is 2.02. The van der Waals surface area contributed by atoms with Crippen molar-refractivity contribution in [3.63, 3.8) is 0 Å². The second kappa shape index (κ2) is 2.81. The van der Waals surface area contributed by atoms with Gasteiger partial charge in [-0.05, 0) is 11.6 Å². The predicted molar refractivity (Wildman–Crippen MR) is 59.1 cm³/mol. The number of hydrogen-bond acceptors (Lipinski definition) is 2. The van der Waals surface area contributed by atoms with Crippen LogP contribution in [0, 0.1) is 0 Å². The Labute approximate surface area is 82.4 Å². The molecule has 1 unspecified atom stereocenters. The molecule has 1 atom stereocenters. The molecule has 1 nitrogen and oxygen atoms in total. The lowest BCUT2D eigenvalue weighted by atomic mass is 10.1. The summed E-state index contributed by atoms with van der Waals surface area (Å²) in [7, 11) is 0. The Balaban J connectivity index is 2.13. The number of rotatable bonds is 0. The molecule has 2 aliphatic heterocycles. The highest BCUT2D eigenvalue weighted by Gasteiger charge is 2.26. The Morgan fingerprint density at radius 3 is 3.23 bits per heavy atom. The second-order valence-electron chi connectivity index (χ2n) is 3.45. The Morgan fingerprint density at radius 1 is 1.31 bits per heavy atom. The van der Waals surface area contributed by atoms with Crippen LogP contribution in [0.1, 0.15) is 5.56 Å². The molecule has 13 heavy (non-hydrogen) atoms. The molecule has 0 aromatic heterocycles. The van der Waals surface area contributed by atoms with Crippen LogP contribution in [0.25, 0.3) is 6.08 Å². The quantitative estimate of drug-likeness (QED) is 0.617. The van der Waals surface area contributed by atoms with Gasteiger partial charge in [-0.1, -0.05) is 30.4 Å². The van der Waals surface area contributed by atoms with E-state index in [1.165, 1.54) is 17.0 Å². The molecule has 66 valence electrons. The van der Waals surface area contributed by atoms with E-state index < -0.39 is 0 Å². The van der Waals surface area contributed by atoms with Crippen LogP contribution in [0.15, 0.2) is 30.3 Å². The molecule has 0 amide bonds. The zero-order valence-corrected chi connectivity index (χ0v) is 8.13. The molecular weight excluding hydrogens is 178 g/mol. The Kier molecular flexibility index (Phi) is 1.62. The molecule has 2 aliphatic rings. The number of para-hydroxylation sites is 1. The van der Waals surface area contributed by atoms with Crippen molar-refractivity contribution in [1.29, 1.82) is 0 Å². The summed E-state index contributed by atoms with van der Waals surface area (Å²) in [6.45, 7) is 0. The first-order valence-electron chi connectivity index (χ1n) is 4.57. The van der Waals surface area contributed by atoms with E-state index in [9.17, 15) is 0 Å². The van der Waals surface area contributed by atoms with Crippen LogP contribution in [0.5, 0.6) is 0 Å². The highest BCUT2D eigenvalue weighted by atomic mass is 32.2. The van der Waals surface area contributed by atoms with Crippen molar-refractivity contribution in [3.8, 4) is 0 Å². The van der Waals surface area contributed by atoms with Crippen LogP contribution in [-0.4, -0.2) is 17.7 Å². The lowest BCUT2D eigenvalue weighted by molar-refractivity contribution is 0.845. The lowest BCUT2D eigenvalue weighted by Gasteiger charge is -2.28. The standard InChI is InChI=1S/C11H11NS/c1-2-4-11-9(3-1)5-6-10-7-13-8-12(10)11/h1-6,10H,7-8H2. The van der Waals surface area contributed by atoms with E-state index in [0.717, 1.165) is 5.88 Å². The van der Waals surface area contributed by atoms with E-state index in [0.29, 0.717) is 6.04 Å². The lowest BCUT2D eigenvalue weighted by Crippen LogP contribution is -2.31. The zero-order chi connectivity index (χ0) is 8.67. The monoisotopic (exact) mass is 189 g/mol. The molecule has 0 bridgehead atoms. The summed E-state index contributed by atoms with van der Waals surface area (Å²) in [6, 6.07) is 9.27. The summed E-state index contributed by atoms with van der Waals surface area (Å²) in [5, 5.41) is 0. The molecule has 1 aromatic carbocycles. The van der Waals surface area contributed by atoms with E-state index in [4.69, 9.17) is 0 Å². The zero-order valence-electron chi connectivity index (χ0n) is 7.31. The van der Waals surface area contributed by atoms with Crippen LogP contribution < -0.4 is 4.90 Å². The molecule has 1 saturated heterocycles. The van der Waals surface area contributed by atoms with Gasteiger partial charge in [-0.25, -0.2) is 0 Å². The maximum absolute atomic E-state index is 2.49. The number of hydrogen-bond donors (Lipinski definition) is 0. The Bertz CT molecular complexity index is 359. The molecule has 0 N–H and O–H groups in total. The third kappa shape index (κ3) is 1.09. The van der Waals surface area contributed by atoms with Crippen molar-refractivity contribution >= 4 is 23.5 Å². The highest BCUT2D eigenvalue weighted by molar-refractivity contribution is 7.99. The SMILES string of the molecule is C1=CC2CSCN2c2ccccc21. The molecule has 0 radical (unpaired) electrons. The van der Waals surface area contributed by atoms with Crippen LogP contribution >= 0.6 is 11.8 Å². The topological polar surface area (TPSA) is 3.24 Å². The van der Waals surface area contributed by atoms with Gasteiger partial charge in [0.1, 0.15) is 0 Å². The first-order valence-corrected chi connectivity index (χ1v) is 5.72. The summed E-state index contributed by atoms with van der Waals surface area (Å²) in [6.07, 6.45) is 4.57. The maximum Gasteiger partial charge on any atom is 0.0647 e. The molecule has 0 saturated carbocycles. The van der Waals surface area contributed by atoms with Crippen molar-refractivity contribution in [2.75, 3.05) is 16.5 Å². The average molecular weight is 189 g/mol. The van der Waals surface area contributed by atoms with Gasteiger partial charge in [0.2, 0.25) is 0 Å². The first-order chi connectivity index (χ1) is 6.45. The Morgan fingerprint density at radius 2 is 2.23 bits per heavy atom. The third-order valence-corrected chi connectivity index (χ3v) is 3.70. The molecule has 1 fully saturated rings. The van der Waals surface area contributed by atoms with E-state index in [2.05, 4.69) is 41.3 Å². The van der Waals surface area contributed by atoms with Crippen molar-refractivity contribution in [2.45, 2.75) is 6.04 Å². The van der Waals surface area contributed by atoms with Gasteiger partial charge in [0.05, 0.1) is 11.9 Å². The highest BCUT2D eigenvalue weighted by Crippen LogP contribution is 2.35. The van der Waals surface area contributed by atoms with Crippen LogP contribution in [0.4, 0.5) is 5.69 Å². The van der Waals surface area contributed by atoms with Gasteiger partial charge in [-0.3, -0.25) is 0 Å². The van der Waals surface area contributed by atoms with Crippen molar-refractivity contribution in [3.05, 3.63) is 35.9 Å². The molecule has 2 heterocycles. The fourth-order valence-corrected chi connectivity index (χ4v) is 3.14. The number of thioether (sulfide) groups is 1. The molecule has 3 rings (SSSR count). The minimum Gasteiger partial charge on any atom is -0.355 e. The van der Waals surface area contributed by atoms with Gasteiger partial charge in [-0.15, -0.1) is 11.8 Å². The third-order valence-electron chi connectivity index (χ3n) is 2.66. The first kappa shape index (κ1) is 7.51. The van der Waals surface area contributed by atoms with Gasteiger partial charge < -0.3 is 4.90 Å². The number of fused-ring (bicyclic) bond motifs is 3. The summed E-state index contributed by atoms with van der Waals surface area (Å²) in [5.74, 6) is 2.39. The second-order valence-corrected chi connectivity index (χ2v) is 4.45. The smallest absolute Gasteiger partial charge is 0.0647 e. The van der Waals surface area contributed by atoms with Crippen molar-refractivity contribution < 1.29 is 0 Å². The van der Waals surface area contributed by atoms with Gasteiger partial charge in [0.15, 0.2) is 0 Å². The van der Waals surface area contributed by atoms with E-state index in [1.807, 2.05) is 11.8 Å². The molecule has 0 aliphatic carbocycles. The van der Waals surface area contributed by atoms with Crippen molar-refractivity contribution in [1.82, 2.24) is 0 Å². The summed E-state index contributed by atoms with van der Waals surface area (Å²) < 4.78 is 0. The minimum atomic E-state index is 0.639. The average Bonchev–Trinajstić information content (AvgIpc) is 2.65. The Hall–Kier alpha value is -0.890. The maximum atomic E-state index is 2.49. The van der Waals surface area contributed by atoms with Gasteiger partial charge >= 0.3 is 0 Å². The minimum absolute atomic E-state index is 0.639.